The molecule has 3 rings (SSSR count). The molecule has 0 atom stereocenters. The SMILES string of the molecule is CCn1c(SCC(=O)NNC(=O)COc2ccc(F)cc2)nnc1-c1ccccc1. The highest BCUT2D eigenvalue weighted by atomic mass is 32.2. The third-order valence-corrected chi connectivity index (χ3v) is 4.89. The molecular formula is C20H20FN5O3S. The Labute approximate surface area is 176 Å². The second kappa shape index (κ2) is 10.4. The summed E-state index contributed by atoms with van der Waals surface area (Å²) in [6.07, 6.45) is 0. The largest absolute Gasteiger partial charge is 0.484 e. The highest BCUT2D eigenvalue weighted by Crippen LogP contribution is 2.23. The number of rotatable bonds is 8. The number of thioether (sulfide) groups is 1. The number of ether oxygens (including phenoxy) is 1. The van der Waals surface area contributed by atoms with Crippen molar-refractivity contribution in [3.63, 3.8) is 0 Å². The lowest BCUT2D eigenvalue weighted by atomic mass is 10.2. The number of halogens is 1. The fraction of sp³-hybridized carbons (Fsp3) is 0.200. The molecule has 10 heteroatoms. The summed E-state index contributed by atoms with van der Waals surface area (Å²) in [5.74, 6) is -0.213. The van der Waals surface area contributed by atoms with Crippen LogP contribution < -0.4 is 15.6 Å². The van der Waals surface area contributed by atoms with Crippen LogP contribution in [0.4, 0.5) is 4.39 Å². The third-order valence-electron chi connectivity index (χ3n) is 3.92. The molecule has 1 heterocycles. The van der Waals surface area contributed by atoms with E-state index in [0.717, 1.165) is 11.4 Å². The molecule has 30 heavy (non-hydrogen) atoms. The molecule has 0 radical (unpaired) electrons. The Morgan fingerprint density at radius 2 is 1.73 bits per heavy atom. The summed E-state index contributed by atoms with van der Waals surface area (Å²) in [4.78, 5) is 23.8. The Balaban J connectivity index is 1.45. The highest BCUT2D eigenvalue weighted by molar-refractivity contribution is 7.99. The molecule has 2 amide bonds. The Kier molecular flexibility index (Phi) is 7.39. The van der Waals surface area contributed by atoms with Crippen LogP contribution in [0.15, 0.2) is 59.8 Å². The summed E-state index contributed by atoms with van der Waals surface area (Å²) in [6.45, 7) is 2.31. The van der Waals surface area contributed by atoms with Gasteiger partial charge < -0.3 is 9.30 Å². The van der Waals surface area contributed by atoms with Crippen molar-refractivity contribution in [3.8, 4) is 17.1 Å². The summed E-state index contributed by atoms with van der Waals surface area (Å²) in [6, 6.07) is 14.9. The molecule has 0 saturated heterocycles. The number of carbonyl (C=O) groups excluding carboxylic acids is 2. The third kappa shape index (κ3) is 5.80. The standard InChI is InChI=1S/C20H20FN5O3S/c1-2-26-19(14-6-4-3-5-7-14)24-25-20(26)30-13-18(28)23-22-17(27)12-29-16-10-8-15(21)9-11-16/h3-11H,2,12-13H2,1H3,(H,22,27)(H,23,28). The van der Waals surface area contributed by atoms with Gasteiger partial charge in [-0.3, -0.25) is 20.4 Å². The Morgan fingerprint density at radius 1 is 1.03 bits per heavy atom. The molecule has 0 fully saturated rings. The molecule has 0 aliphatic rings. The molecule has 1 aromatic heterocycles. The van der Waals surface area contributed by atoms with E-state index in [1.807, 2.05) is 41.8 Å². The van der Waals surface area contributed by atoms with E-state index in [1.54, 1.807) is 0 Å². The number of nitrogens with zero attached hydrogens (tertiary/aromatic N) is 3. The predicted octanol–water partition coefficient (Wildman–Crippen LogP) is 2.42. The van der Waals surface area contributed by atoms with Gasteiger partial charge in [-0.1, -0.05) is 42.1 Å². The second-order valence-corrected chi connectivity index (χ2v) is 6.99. The number of benzene rings is 2. The monoisotopic (exact) mass is 429 g/mol. The smallest absolute Gasteiger partial charge is 0.276 e. The van der Waals surface area contributed by atoms with Gasteiger partial charge in [-0.15, -0.1) is 10.2 Å². The molecule has 8 nitrogen and oxygen atoms in total. The van der Waals surface area contributed by atoms with Gasteiger partial charge in [0.05, 0.1) is 5.75 Å². The molecule has 156 valence electrons. The normalized spacial score (nSPS) is 10.5. The van der Waals surface area contributed by atoms with E-state index >= 15 is 0 Å². The fourth-order valence-corrected chi connectivity index (χ4v) is 3.31. The predicted molar refractivity (Wildman–Crippen MR) is 110 cm³/mol. The first-order valence-corrected chi connectivity index (χ1v) is 10.1. The molecule has 0 bridgehead atoms. The molecule has 0 aliphatic heterocycles. The van der Waals surface area contributed by atoms with E-state index in [-0.39, 0.29) is 12.4 Å². The molecule has 0 aliphatic carbocycles. The van der Waals surface area contributed by atoms with Crippen LogP contribution in [0.5, 0.6) is 5.75 Å². The van der Waals surface area contributed by atoms with Crippen molar-refractivity contribution < 1.29 is 18.7 Å². The zero-order chi connectivity index (χ0) is 21.3. The first-order chi connectivity index (χ1) is 14.6. The van der Waals surface area contributed by atoms with Crippen LogP contribution in [0.1, 0.15) is 6.92 Å². The number of aromatic nitrogens is 3. The summed E-state index contributed by atoms with van der Waals surface area (Å²) < 4.78 is 20.0. The topological polar surface area (TPSA) is 98.1 Å². The van der Waals surface area contributed by atoms with Gasteiger partial charge in [-0.05, 0) is 31.2 Å². The maximum atomic E-state index is 12.8. The van der Waals surface area contributed by atoms with Gasteiger partial charge in [0.2, 0.25) is 5.91 Å². The van der Waals surface area contributed by atoms with E-state index in [9.17, 15) is 14.0 Å². The number of nitrogens with one attached hydrogen (secondary N) is 2. The minimum atomic E-state index is -0.541. The van der Waals surface area contributed by atoms with Gasteiger partial charge in [-0.2, -0.15) is 0 Å². The highest BCUT2D eigenvalue weighted by Gasteiger charge is 2.14. The average molecular weight is 429 g/mol. The van der Waals surface area contributed by atoms with Crippen molar-refractivity contribution in [3.05, 3.63) is 60.4 Å². The number of amides is 2. The minimum Gasteiger partial charge on any atom is -0.484 e. The Bertz CT molecular complexity index is 995. The van der Waals surface area contributed by atoms with Crippen LogP contribution in [0.3, 0.4) is 0 Å². The van der Waals surface area contributed by atoms with E-state index in [0.29, 0.717) is 17.5 Å². The number of carbonyl (C=O) groups is 2. The average Bonchev–Trinajstić information content (AvgIpc) is 3.19. The molecule has 2 N–H and O–H groups in total. The molecular weight excluding hydrogens is 409 g/mol. The maximum Gasteiger partial charge on any atom is 0.276 e. The van der Waals surface area contributed by atoms with Gasteiger partial charge in [-0.25, -0.2) is 4.39 Å². The lowest BCUT2D eigenvalue weighted by Crippen LogP contribution is -2.44. The van der Waals surface area contributed by atoms with Crippen LogP contribution in [-0.2, 0) is 16.1 Å². The van der Waals surface area contributed by atoms with Crippen molar-refractivity contribution in [2.75, 3.05) is 12.4 Å². The minimum absolute atomic E-state index is 0.0476. The number of hydrogen-bond acceptors (Lipinski definition) is 6. The lowest BCUT2D eigenvalue weighted by molar-refractivity contribution is -0.128. The van der Waals surface area contributed by atoms with Gasteiger partial charge in [0.25, 0.3) is 5.91 Å². The fourth-order valence-electron chi connectivity index (χ4n) is 2.50. The lowest BCUT2D eigenvalue weighted by Gasteiger charge is -2.09. The summed E-state index contributed by atoms with van der Waals surface area (Å²) in [7, 11) is 0. The van der Waals surface area contributed by atoms with Crippen LogP contribution >= 0.6 is 11.8 Å². The zero-order valence-corrected chi connectivity index (χ0v) is 17.0. The Hall–Kier alpha value is -3.40. The maximum absolute atomic E-state index is 12.8. The van der Waals surface area contributed by atoms with Crippen molar-refractivity contribution >= 4 is 23.6 Å². The van der Waals surface area contributed by atoms with Gasteiger partial charge in [0, 0.05) is 12.1 Å². The Morgan fingerprint density at radius 3 is 2.43 bits per heavy atom. The van der Waals surface area contributed by atoms with Gasteiger partial charge >= 0.3 is 0 Å². The van der Waals surface area contributed by atoms with Crippen molar-refractivity contribution in [1.82, 2.24) is 25.6 Å². The van der Waals surface area contributed by atoms with Gasteiger partial charge in [0.1, 0.15) is 11.6 Å². The van der Waals surface area contributed by atoms with Gasteiger partial charge in [0.15, 0.2) is 17.6 Å². The second-order valence-electron chi connectivity index (χ2n) is 6.04. The summed E-state index contributed by atoms with van der Waals surface area (Å²) in [5, 5.41) is 8.99. The van der Waals surface area contributed by atoms with Crippen molar-refractivity contribution in [1.29, 1.82) is 0 Å². The van der Waals surface area contributed by atoms with E-state index in [2.05, 4.69) is 21.0 Å². The first-order valence-electron chi connectivity index (χ1n) is 9.14. The van der Waals surface area contributed by atoms with E-state index < -0.39 is 17.6 Å². The van der Waals surface area contributed by atoms with Crippen molar-refractivity contribution in [2.45, 2.75) is 18.6 Å². The molecule has 0 unspecified atom stereocenters. The van der Waals surface area contributed by atoms with Crippen LogP contribution in [0.2, 0.25) is 0 Å². The first kappa shape index (κ1) is 21.3. The molecule has 2 aromatic carbocycles. The zero-order valence-electron chi connectivity index (χ0n) is 16.2. The van der Waals surface area contributed by atoms with Crippen LogP contribution in [-0.4, -0.2) is 38.9 Å². The van der Waals surface area contributed by atoms with Crippen LogP contribution in [0, 0.1) is 5.82 Å². The van der Waals surface area contributed by atoms with E-state index in [1.165, 1.54) is 36.0 Å². The van der Waals surface area contributed by atoms with Crippen LogP contribution in [0.25, 0.3) is 11.4 Å². The van der Waals surface area contributed by atoms with Crippen molar-refractivity contribution in [2.24, 2.45) is 0 Å². The summed E-state index contributed by atoms with van der Waals surface area (Å²) in [5.41, 5.74) is 5.52. The number of hydrazine groups is 1. The quantitative estimate of drug-likeness (QED) is 0.422. The number of hydrogen-bond donors (Lipinski definition) is 2. The molecule has 0 spiro atoms. The molecule has 0 saturated carbocycles. The van der Waals surface area contributed by atoms with E-state index in [4.69, 9.17) is 4.74 Å². The molecule has 3 aromatic rings. The summed E-state index contributed by atoms with van der Waals surface area (Å²) >= 11 is 1.22.